The first-order chi connectivity index (χ1) is 10.7. The number of hydrogen-bond donors (Lipinski definition) is 1. The van der Waals surface area contributed by atoms with E-state index in [1.54, 1.807) is 0 Å². The van der Waals surface area contributed by atoms with E-state index >= 15 is 0 Å². The van der Waals surface area contributed by atoms with E-state index in [-0.39, 0.29) is 0 Å². The van der Waals surface area contributed by atoms with Crippen molar-refractivity contribution in [3.63, 3.8) is 0 Å². The van der Waals surface area contributed by atoms with Crippen LogP contribution in [0.5, 0.6) is 0 Å². The zero-order valence-corrected chi connectivity index (χ0v) is 13.6. The summed E-state index contributed by atoms with van der Waals surface area (Å²) in [5.74, 6) is 0. The molecule has 1 N–H and O–H groups in total. The Balaban J connectivity index is 1.76. The van der Waals surface area contributed by atoms with Crippen LogP contribution >= 0.6 is 15.9 Å². The number of halogens is 1. The van der Waals surface area contributed by atoms with E-state index in [4.69, 9.17) is 0 Å². The van der Waals surface area contributed by atoms with Crippen LogP contribution in [0.25, 0.3) is 33.4 Å². The summed E-state index contributed by atoms with van der Waals surface area (Å²) >= 11 is 3.50. The van der Waals surface area contributed by atoms with Crippen LogP contribution in [0.3, 0.4) is 0 Å². The van der Waals surface area contributed by atoms with Gasteiger partial charge in [0.1, 0.15) is 0 Å². The molecule has 0 spiro atoms. The van der Waals surface area contributed by atoms with E-state index in [0.717, 1.165) is 27.0 Å². The SMILES string of the molecule is Cn1ccc2cc(-c3cc(-c4cccc(Br)c4)n[nH]3)ccc21. The number of aromatic amines is 1. The average Bonchev–Trinajstić information content (AvgIpc) is 3.15. The van der Waals surface area contributed by atoms with Crippen molar-refractivity contribution in [2.24, 2.45) is 7.05 Å². The van der Waals surface area contributed by atoms with Crippen LogP contribution in [0.15, 0.2) is 65.3 Å². The summed E-state index contributed by atoms with van der Waals surface area (Å²) < 4.78 is 3.18. The molecular formula is C18H14BrN3. The summed E-state index contributed by atoms with van der Waals surface area (Å²) in [6.07, 6.45) is 2.08. The summed E-state index contributed by atoms with van der Waals surface area (Å²) in [6, 6.07) is 18.8. The minimum atomic E-state index is 0.949. The van der Waals surface area contributed by atoms with Crippen molar-refractivity contribution in [1.82, 2.24) is 14.8 Å². The van der Waals surface area contributed by atoms with Gasteiger partial charge in [-0.25, -0.2) is 0 Å². The molecule has 22 heavy (non-hydrogen) atoms. The van der Waals surface area contributed by atoms with Crippen molar-refractivity contribution in [1.29, 1.82) is 0 Å². The first-order valence-electron chi connectivity index (χ1n) is 7.07. The summed E-state index contributed by atoms with van der Waals surface area (Å²) in [5.41, 5.74) is 5.45. The van der Waals surface area contributed by atoms with E-state index in [0.29, 0.717) is 0 Å². The van der Waals surface area contributed by atoms with Crippen LogP contribution in [-0.2, 0) is 7.05 Å². The van der Waals surface area contributed by atoms with Crippen molar-refractivity contribution in [2.75, 3.05) is 0 Å². The number of aryl methyl sites for hydroxylation is 1. The standard InChI is InChI=1S/C18H14BrN3/c1-22-8-7-14-9-13(5-6-18(14)22)17-11-16(20-21-17)12-3-2-4-15(19)10-12/h2-11H,1H3,(H,20,21). The molecule has 0 fully saturated rings. The van der Waals surface area contributed by atoms with E-state index in [9.17, 15) is 0 Å². The maximum atomic E-state index is 4.44. The first kappa shape index (κ1) is 13.3. The molecule has 0 aliphatic heterocycles. The second kappa shape index (κ2) is 5.14. The molecule has 0 amide bonds. The lowest BCUT2D eigenvalue weighted by molar-refractivity contribution is 0.969. The maximum Gasteiger partial charge on any atom is 0.0927 e. The van der Waals surface area contributed by atoms with Gasteiger partial charge in [0.2, 0.25) is 0 Å². The molecule has 2 aromatic carbocycles. The van der Waals surface area contributed by atoms with E-state index < -0.39 is 0 Å². The van der Waals surface area contributed by atoms with Crippen LogP contribution in [-0.4, -0.2) is 14.8 Å². The summed E-state index contributed by atoms with van der Waals surface area (Å²) in [6.45, 7) is 0. The zero-order chi connectivity index (χ0) is 15.1. The van der Waals surface area contributed by atoms with Gasteiger partial charge in [0.15, 0.2) is 0 Å². The predicted octanol–water partition coefficient (Wildman–Crippen LogP) is 5.00. The van der Waals surface area contributed by atoms with Gasteiger partial charge in [-0.15, -0.1) is 0 Å². The number of rotatable bonds is 2. The minimum Gasteiger partial charge on any atom is -0.351 e. The second-order valence-corrected chi connectivity index (χ2v) is 6.29. The molecule has 0 atom stereocenters. The number of aromatic nitrogens is 3. The van der Waals surface area contributed by atoms with Gasteiger partial charge in [-0.3, -0.25) is 5.10 Å². The van der Waals surface area contributed by atoms with Gasteiger partial charge in [0.25, 0.3) is 0 Å². The topological polar surface area (TPSA) is 33.6 Å². The number of fused-ring (bicyclic) bond motifs is 1. The second-order valence-electron chi connectivity index (χ2n) is 5.38. The Hall–Kier alpha value is -2.33. The van der Waals surface area contributed by atoms with Gasteiger partial charge in [0, 0.05) is 39.7 Å². The van der Waals surface area contributed by atoms with Crippen LogP contribution in [0.4, 0.5) is 0 Å². The Morgan fingerprint density at radius 2 is 1.91 bits per heavy atom. The molecule has 4 heteroatoms. The highest BCUT2D eigenvalue weighted by atomic mass is 79.9. The molecule has 0 unspecified atom stereocenters. The lowest BCUT2D eigenvalue weighted by Crippen LogP contribution is -1.84. The monoisotopic (exact) mass is 351 g/mol. The van der Waals surface area contributed by atoms with Crippen molar-refractivity contribution in [2.45, 2.75) is 0 Å². The van der Waals surface area contributed by atoms with E-state index in [2.05, 4.69) is 86.4 Å². The van der Waals surface area contributed by atoms with Gasteiger partial charge in [-0.05, 0) is 36.4 Å². The highest BCUT2D eigenvalue weighted by Crippen LogP contribution is 2.28. The Morgan fingerprint density at radius 1 is 1.00 bits per heavy atom. The Labute approximate surface area is 136 Å². The number of H-pyrrole nitrogens is 1. The smallest absolute Gasteiger partial charge is 0.0927 e. The molecule has 108 valence electrons. The van der Waals surface area contributed by atoms with Crippen LogP contribution in [0.2, 0.25) is 0 Å². The fourth-order valence-electron chi connectivity index (χ4n) is 2.71. The summed E-state index contributed by atoms with van der Waals surface area (Å²) in [7, 11) is 2.06. The molecule has 0 radical (unpaired) electrons. The lowest BCUT2D eigenvalue weighted by Gasteiger charge is -2.00. The Bertz CT molecular complexity index is 965. The molecule has 0 aliphatic carbocycles. The van der Waals surface area contributed by atoms with E-state index in [1.165, 1.54) is 10.9 Å². The normalized spacial score (nSPS) is 11.2. The fourth-order valence-corrected chi connectivity index (χ4v) is 3.11. The number of hydrogen-bond acceptors (Lipinski definition) is 1. The molecular weight excluding hydrogens is 338 g/mol. The Kier molecular flexibility index (Phi) is 3.12. The van der Waals surface area contributed by atoms with Gasteiger partial charge in [0.05, 0.1) is 11.4 Å². The van der Waals surface area contributed by atoms with Crippen LogP contribution < -0.4 is 0 Å². The first-order valence-corrected chi connectivity index (χ1v) is 7.87. The number of nitrogens with zero attached hydrogens (tertiary/aromatic N) is 2. The van der Waals surface area contributed by atoms with Gasteiger partial charge in [-0.1, -0.05) is 34.1 Å². The van der Waals surface area contributed by atoms with Crippen molar-refractivity contribution >= 4 is 26.8 Å². The molecule has 4 rings (SSSR count). The Morgan fingerprint density at radius 3 is 2.77 bits per heavy atom. The van der Waals surface area contributed by atoms with Gasteiger partial charge < -0.3 is 4.57 Å². The van der Waals surface area contributed by atoms with Crippen molar-refractivity contribution in [3.8, 4) is 22.5 Å². The summed E-state index contributed by atoms with van der Waals surface area (Å²) in [5, 5.41) is 8.81. The van der Waals surface area contributed by atoms with Crippen molar-refractivity contribution in [3.05, 3.63) is 65.3 Å². The third kappa shape index (κ3) is 2.25. The fraction of sp³-hybridized carbons (Fsp3) is 0.0556. The number of nitrogens with one attached hydrogen (secondary N) is 1. The molecule has 0 bridgehead atoms. The third-order valence-electron chi connectivity index (χ3n) is 3.89. The molecule has 0 saturated carbocycles. The molecule has 2 aromatic heterocycles. The number of benzene rings is 2. The lowest BCUT2D eigenvalue weighted by atomic mass is 10.1. The minimum absolute atomic E-state index is 0.949. The molecule has 0 saturated heterocycles. The van der Waals surface area contributed by atoms with E-state index in [1.807, 2.05) is 12.1 Å². The van der Waals surface area contributed by atoms with Crippen LogP contribution in [0, 0.1) is 0 Å². The molecule has 4 aromatic rings. The van der Waals surface area contributed by atoms with Gasteiger partial charge in [-0.2, -0.15) is 5.10 Å². The van der Waals surface area contributed by atoms with Crippen molar-refractivity contribution < 1.29 is 0 Å². The largest absolute Gasteiger partial charge is 0.351 e. The quantitative estimate of drug-likeness (QED) is 0.541. The molecule has 2 heterocycles. The summed E-state index contributed by atoms with van der Waals surface area (Å²) in [4.78, 5) is 0. The highest BCUT2D eigenvalue weighted by Gasteiger charge is 2.07. The maximum absolute atomic E-state index is 4.44. The van der Waals surface area contributed by atoms with Gasteiger partial charge >= 0.3 is 0 Å². The highest BCUT2D eigenvalue weighted by molar-refractivity contribution is 9.10. The zero-order valence-electron chi connectivity index (χ0n) is 12.0. The molecule has 3 nitrogen and oxygen atoms in total. The average molecular weight is 352 g/mol. The van der Waals surface area contributed by atoms with Crippen LogP contribution in [0.1, 0.15) is 0 Å². The molecule has 0 aliphatic rings. The predicted molar refractivity (Wildman–Crippen MR) is 93.6 cm³/mol. The third-order valence-corrected chi connectivity index (χ3v) is 4.39.